The maximum Gasteiger partial charge on any atom is 0.250 e. The van der Waals surface area contributed by atoms with Crippen LogP contribution in [0.5, 0.6) is 0 Å². The van der Waals surface area contributed by atoms with E-state index in [0.29, 0.717) is 32.2 Å². The number of rotatable bonds is 10. The number of likely N-dealkylation sites (tertiary alicyclic amines) is 1. The third-order valence-electron chi connectivity index (χ3n) is 8.78. The van der Waals surface area contributed by atoms with Crippen LogP contribution in [0.2, 0.25) is 0 Å². The normalized spacial score (nSPS) is 31.1. The SMILES string of the molecule is CCCNC(=O)[C@H]1[C@H]2C(=O)N([C@@H](CO)CC(C)C)C(C(=O)Nc3c(C)cccc3C)C23CC[C@]1(CC)O3. The van der Waals surface area contributed by atoms with E-state index in [0.717, 1.165) is 23.2 Å². The number of anilines is 1. The van der Waals surface area contributed by atoms with Gasteiger partial charge in [0.2, 0.25) is 17.7 Å². The van der Waals surface area contributed by atoms with Crippen molar-refractivity contribution in [1.29, 1.82) is 0 Å². The number of nitrogens with one attached hydrogen (secondary N) is 2. The van der Waals surface area contributed by atoms with Gasteiger partial charge in [0.1, 0.15) is 11.6 Å². The lowest BCUT2D eigenvalue weighted by Crippen LogP contribution is -2.56. The van der Waals surface area contributed by atoms with Gasteiger partial charge in [-0.1, -0.05) is 45.9 Å². The largest absolute Gasteiger partial charge is 0.394 e. The molecular formula is C29H43N3O5. The summed E-state index contributed by atoms with van der Waals surface area (Å²) in [5.41, 5.74) is 0.704. The molecule has 3 aliphatic heterocycles. The van der Waals surface area contributed by atoms with Crippen molar-refractivity contribution >= 4 is 23.4 Å². The zero-order chi connectivity index (χ0) is 27.1. The van der Waals surface area contributed by atoms with Gasteiger partial charge in [0, 0.05) is 12.2 Å². The highest BCUT2D eigenvalue weighted by atomic mass is 16.5. The van der Waals surface area contributed by atoms with Crippen LogP contribution in [0.4, 0.5) is 5.69 Å². The lowest BCUT2D eigenvalue weighted by atomic mass is 9.65. The number of fused-ring (bicyclic) bond motifs is 1. The van der Waals surface area contributed by atoms with E-state index in [2.05, 4.69) is 10.6 Å². The number of amides is 3. The van der Waals surface area contributed by atoms with Crippen LogP contribution in [-0.4, -0.2) is 64.2 Å². The average molecular weight is 514 g/mol. The van der Waals surface area contributed by atoms with Crippen LogP contribution >= 0.6 is 0 Å². The Morgan fingerprint density at radius 2 is 1.84 bits per heavy atom. The van der Waals surface area contributed by atoms with Gasteiger partial charge in [0.25, 0.3) is 0 Å². The average Bonchev–Trinajstić information content (AvgIpc) is 3.47. The topological polar surface area (TPSA) is 108 Å². The molecule has 0 aromatic heterocycles. The highest BCUT2D eigenvalue weighted by molar-refractivity contribution is 6.04. The molecule has 0 saturated carbocycles. The van der Waals surface area contributed by atoms with Gasteiger partial charge in [-0.2, -0.15) is 0 Å². The molecule has 0 aliphatic carbocycles. The van der Waals surface area contributed by atoms with Crippen LogP contribution in [0.3, 0.4) is 0 Å². The van der Waals surface area contributed by atoms with E-state index < -0.39 is 35.1 Å². The molecule has 204 valence electrons. The molecule has 0 radical (unpaired) electrons. The Kier molecular flexibility index (Phi) is 7.73. The fraction of sp³-hybridized carbons (Fsp3) is 0.690. The number of hydrogen-bond acceptors (Lipinski definition) is 5. The Balaban J connectivity index is 1.81. The Hall–Kier alpha value is -2.45. The molecule has 1 spiro atoms. The molecule has 3 aliphatic rings. The minimum atomic E-state index is -1.10. The maximum atomic E-state index is 14.3. The molecule has 1 aromatic carbocycles. The zero-order valence-electron chi connectivity index (χ0n) is 23.1. The van der Waals surface area contributed by atoms with Gasteiger partial charge in [-0.3, -0.25) is 14.4 Å². The predicted octanol–water partition coefficient (Wildman–Crippen LogP) is 3.33. The summed E-state index contributed by atoms with van der Waals surface area (Å²) < 4.78 is 6.80. The van der Waals surface area contributed by atoms with Crippen molar-refractivity contribution in [1.82, 2.24) is 10.2 Å². The monoisotopic (exact) mass is 513 g/mol. The fourth-order valence-corrected chi connectivity index (χ4v) is 7.13. The molecule has 3 saturated heterocycles. The van der Waals surface area contributed by atoms with Crippen molar-refractivity contribution in [2.24, 2.45) is 17.8 Å². The van der Waals surface area contributed by atoms with Crippen LogP contribution in [0, 0.1) is 31.6 Å². The van der Waals surface area contributed by atoms with Gasteiger partial charge in [-0.05, 0) is 63.0 Å². The molecule has 3 N–H and O–H groups in total. The minimum absolute atomic E-state index is 0.177. The van der Waals surface area contributed by atoms with E-state index >= 15 is 0 Å². The minimum Gasteiger partial charge on any atom is -0.394 e. The molecule has 4 rings (SSSR count). The van der Waals surface area contributed by atoms with Crippen molar-refractivity contribution in [3.05, 3.63) is 29.3 Å². The van der Waals surface area contributed by atoms with E-state index in [1.54, 1.807) is 4.90 Å². The Labute approximate surface area is 220 Å². The number of para-hydroxylation sites is 1. The van der Waals surface area contributed by atoms with E-state index in [1.165, 1.54) is 0 Å². The van der Waals surface area contributed by atoms with Gasteiger partial charge < -0.3 is 25.4 Å². The Bertz CT molecular complexity index is 1040. The second kappa shape index (κ2) is 10.4. The molecule has 2 bridgehead atoms. The molecule has 3 heterocycles. The van der Waals surface area contributed by atoms with Crippen LogP contribution in [0.25, 0.3) is 0 Å². The summed E-state index contributed by atoms with van der Waals surface area (Å²) in [6.45, 7) is 12.2. The van der Waals surface area contributed by atoms with Crippen molar-refractivity contribution in [2.75, 3.05) is 18.5 Å². The number of aliphatic hydroxyl groups excluding tert-OH is 1. The van der Waals surface area contributed by atoms with Crippen LogP contribution in [0.1, 0.15) is 70.9 Å². The van der Waals surface area contributed by atoms with Gasteiger partial charge in [-0.25, -0.2) is 0 Å². The zero-order valence-corrected chi connectivity index (χ0v) is 23.1. The molecule has 8 heteroatoms. The summed E-state index contributed by atoms with van der Waals surface area (Å²) in [6.07, 6.45) is 3.06. The molecule has 3 fully saturated rings. The Morgan fingerprint density at radius 3 is 2.41 bits per heavy atom. The highest BCUT2D eigenvalue weighted by Crippen LogP contribution is 2.64. The first-order valence-electron chi connectivity index (χ1n) is 13.8. The highest BCUT2D eigenvalue weighted by Gasteiger charge is 2.79. The summed E-state index contributed by atoms with van der Waals surface area (Å²) in [5, 5.41) is 16.5. The number of benzene rings is 1. The number of carbonyl (C=O) groups excluding carboxylic acids is 3. The molecule has 6 atom stereocenters. The van der Waals surface area contributed by atoms with E-state index in [9.17, 15) is 19.5 Å². The second-order valence-electron chi connectivity index (χ2n) is 11.6. The predicted molar refractivity (Wildman–Crippen MR) is 142 cm³/mol. The Morgan fingerprint density at radius 1 is 1.16 bits per heavy atom. The number of ether oxygens (including phenoxy) is 1. The molecule has 2 unspecified atom stereocenters. The fourth-order valence-electron chi connectivity index (χ4n) is 7.13. The summed E-state index contributed by atoms with van der Waals surface area (Å²) in [5.74, 6) is -1.97. The first kappa shape index (κ1) is 27.6. The number of aryl methyl sites for hydroxylation is 2. The van der Waals surface area contributed by atoms with Gasteiger partial charge in [-0.15, -0.1) is 0 Å². The summed E-state index contributed by atoms with van der Waals surface area (Å²) >= 11 is 0. The molecular weight excluding hydrogens is 470 g/mol. The smallest absolute Gasteiger partial charge is 0.250 e. The molecule has 37 heavy (non-hydrogen) atoms. The van der Waals surface area contributed by atoms with Gasteiger partial charge in [0.05, 0.1) is 30.1 Å². The number of hydrogen-bond donors (Lipinski definition) is 3. The summed E-state index contributed by atoms with van der Waals surface area (Å²) in [7, 11) is 0. The number of aliphatic hydroxyl groups is 1. The maximum absolute atomic E-state index is 14.3. The lowest BCUT2D eigenvalue weighted by Gasteiger charge is -2.38. The number of nitrogens with zero attached hydrogens (tertiary/aromatic N) is 1. The molecule has 1 aromatic rings. The van der Waals surface area contributed by atoms with Crippen molar-refractivity contribution in [3.8, 4) is 0 Å². The van der Waals surface area contributed by atoms with Crippen LogP contribution in [0.15, 0.2) is 18.2 Å². The molecule has 3 amide bonds. The third kappa shape index (κ3) is 4.36. The van der Waals surface area contributed by atoms with Crippen molar-refractivity contribution in [3.63, 3.8) is 0 Å². The van der Waals surface area contributed by atoms with Crippen molar-refractivity contribution in [2.45, 2.75) is 96.9 Å². The standard InChI is InChI=1S/C29H43N3O5/c1-7-14-30-25(34)21-22-27(36)32(20(16-33)15-17(3)4)24(29(22)13-12-28(21,8-2)37-29)26(35)31-23-18(5)10-9-11-19(23)6/h9-11,17,20-22,24,33H,7-8,12-16H2,1-6H3,(H,30,34)(H,31,35)/t20-,21-,22+,24?,28+,29?/m1/s1. The van der Waals surface area contributed by atoms with E-state index in [1.807, 2.05) is 59.7 Å². The first-order chi connectivity index (χ1) is 17.6. The van der Waals surface area contributed by atoms with E-state index in [4.69, 9.17) is 4.74 Å². The van der Waals surface area contributed by atoms with Gasteiger partial charge in [0.15, 0.2) is 0 Å². The van der Waals surface area contributed by atoms with Crippen LogP contribution < -0.4 is 10.6 Å². The van der Waals surface area contributed by atoms with Gasteiger partial charge >= 0.3 is 0 Å². The third-order valence-corrected chi connectivity index (χ3v) is 8.78. The summed E-state index contributed by atoms with van der Waals surface area (Å²) in [6, 6.07) is 4.35. The molecule has 8 nitrogen and oxygen atoms in total. The quantitative estimate of drug-likeness (QED) is 0.445. The van der Waals surface area contributed by atoms with E-state index in [-0.39, 0.29) is 30.2 Å². The van der Waals surface area contributed by atoms with Crippen LogP contribution in [-0.2, 0) is 19.1 Å². The number of carbonyl (C=O) groups is 3. The first-order valence-corrected chi connectivity index (χ1v) is 13.8. The van der Waals surface area contributed by atoms with Crippen molar-refractivity contribution < 1.29 is 24.2 Å². The summed E-state index contributed by atoms with van der Waals surface area (Å²) in [4.78, 5) is 43.5. The lowest BCUT2D eigenvalue weighted by molar-refractivity contribution is -0.149. The second-order valence-corrected chi connectivity index (χ2v) is 11.6.